The van der Waals surface area contributed by atoms with Crippen LogP contribution in [0.25, 0.3) is 10.4 Å². The first-order chi connectivity index (χ1) is 12.2. The fourth-order valence-corrected chi connectivity index (χ4v) is 4.62. The number of phenolic OH excluding ortho intramolecular Hbond substituents is 1. The number of fused-ring (bicyclic) bond motifs is 1. The average Bonchev–Trinajstić information content (AvgIpc) is 3.21. The van der Waals surface area contributed by atoms with Gasteiger partial charge in [-0.1, -0.05) is 0 Å². The van der Waals surface area contributed by atoms with Crippen molar-refractivity contribution in [2.75, 3.05) is 39.3 Å². The first-order valence-electron chi connectivity index (χ1n) is 9.19. The molecule has 1 saturated heterocycles. The maximum Gasteiger partial charge on any atom is 0.165 e. The molecule has 1 aromatic carbocycles. The Labute approximate surface area is 153 Å². The molecule has 0 radical (unpaired) electrons. The number of ether oxygens (including phenoxy) is 1. The molecular formula is C20H26N2O2S. The smallest absolute Gasteiger partial charge is 0.165 e. The summed E-state index contributed by atoms with van der Waals surface area (Å²) in [7, 11) is 0. The van der Waals surface area contributed by atoms with Crippen LogP contribution in [0.3, 0.4) is 0 Å². The van der Waals surface area contributed by atoms with E-state index < -0.39 is 0 Å². The van der Waals surface area contributed by atoms with Gasteiger partial charge >= 0.3 is 0 Å². The van der Waals surface area contributed by atoms with Crippen LogP contribution in [0.4, 0.5) is 0 Å². The molecule has 2 aliphatic rings. The van der Waals surface area contributed by atoms with Crippen molar-refractivity contribution in [3.8, 4) is 21.9 Å². The quantitative estimate of drug-likeness (QED) is 0.904. The Hall–Kier alpha value is -1.56. The molecule has 2 aliphatic heterocycles. The van der Waals surface area contributed by atoms with Gasteiger partial charge in [0.05, 0.1) is 0 Å². The Morgan fingerprint density at radius 2 is 1.88 bits per heavy atom. The third-order valence-electron chi connectivity index (χ3n) is 5.15. The zero-order valence-corrected chi connectivity index (χ0v) is 15.6. The molecular weight excluding hydrogens is 332 g/mol. The lowest BCUT2D eigenvalue weighted by Gasteiger charge is -2.23. The minimum Gasteiger partial charge on any atom is -0.504 e. The van der Waals surface area contributed by atoms with E-state index in [1.54, 1.807) is 11.3 Å². The summed E-state index contributed by atoms with van der Waals surface area (Å²) in [6, 6.07) is 8.28. The van der Waals surface area contributed by atoms with Crippen LogP contribution in [-0.2, 0) is 6.54 Å². The maximum absolute atomic E-state index is 10.5. The lowest BCUT2D eigenvalue weighted by Crippen LogP contribution is -2.34. The van der Waals surface area contributed by atoms with E-state index in [0.717, 1.165) is 37.3 Å². The van der Waals surface area contributed by atoms with Gasteiger partial charge in [-0.25, -0.2) is 0 Å². The van der Waals surface area contributed by atoms with E-state index in [4.69, 9.17) is 4.74 Å². The number of benzene rings is 1. The van der Waals surface area contributed by atoms with Gasteiger partial charge in [-0.05, 0) is 62.7 Å². The largest absolute Gasteiger partial charge is 0.504 e. The molecule has 1 fully saturated rings. The second kappa shape index (κ2) is 7.36. The molecule has 0 bridgehead atoms. The summed E-state index contributed by atoms with van der Waals surface area (Å²) in [6.07, 6.45) is 2.67. The van der Waals surface area contributed by atoms with Crippen LogP contribution in [0.15, 0.2) is 24.3 Å². The Balaban J connectivity index is 1.53. The van der Waals surface area contributed by atoms with Crippen molar-refractivity contribution < 1.29 is 9.84 Å². The highest BCUT2D eigenvalue weighted by molar-refractivity contribution is 7.15. The molecule has 2 aromatic rings. The van der Waals surface area contributed by atoms with Crippen molar-refractivity contribution in [2.45, 2.75) is 26.3 Å². The molecule has 1 N–H and O–H groups in total. The molecule has 0 aliphatic carbocycles. The Bertz CT molecular complexity index is 737. The highest BCUT2D eigenvalue weighted by Gasteiger charge is 2.21. The van der Waals surface area contributed by atoms with Gasteiger partial charge in [0.1, 0.15) is 6.61 Å². The monoisotopic (exact) mass is 358 g/mol. The number of hydrogen-bond acceptors (Lipinski definition) is 5. The van der Waals surface area contributed by atoms with E-state index in [9.17, 15) is 5.11 Å². The van der Waals surface area contributed by atoms with E-state index in [1.165, 1.54) is 35.7 Å². The molecule has 0 amide bonds. The molecule has 5 heteroatoms. The van der Waals surface area contributed by atoms with Crippen LogP contribution in [-0.4, -0.2) is 54.2 Å². The lowest BCUT2D eigenvalue weighted by molar-refractivity contribution is 0.197. The molecule has 25 heavy (non-hydrogen) atoms. The Morgan fingerprint density at radius 3 is 2.64 bits per heavy atom. The summed E-state index contributed by atoms with van der Waals surface area (Å²) >= 11 is 1.76. The number of rotatable bonds is 4. The zero-order chi connectivity index (χ0) is 17.2. The molecule has 4 rings (SSSR count). The van der Waals surface area contributed by atoms with Crippen LogP contribution in [0.2, 0.25) is 0 Å². The predicted octanol–water partition coefficient (Wildman–Crippen LogP) is 3.72. The van der Waals surface area contributed by atoms with Crippen LogP contribution in [0, 0.1) is 6.92 Å². The van der Waals surface area contributed by atoms with E-state index in [2.05, 4.69) is 34.9 Å². The number of aromatic hydroxyl groups is 1. The number of likely N-dealkylation sites (tertiary alicyclic amines) is 1. The minimum atomic E-state index is 0.264. The van der Waals surface area contributed by atoms with Gasteiger partial charge in [-0.3, -0.25) is 4.90 Å². The fraction of sp³-hybridized carbons (Fsp3) is 0.500. The molecule has 0 saturated carbocycles. The molecule has 1 aromatic heterocycles. The standard InChI is InChI=1S/C20H26N2O2S/c1-15-4-5-19(25-15)16-12-17-14-22(9-8-21-6-2-3-7-21)10-11-24-20(17)18(23)13-16/h4-5,12-13,23H,2-3,6-11,14H2,1H3. The van der Waals surface area contributed by atoms with Gasteiger partial charge < -0.3 is 14.7 Å². The minimum absolute atomic E-state index is 0.264. The van der Waals surface area contributed by atoms with Gasteiger partial charge in [0, 0.05) is 41.5 Å². The first kappa shape index (κ1) is 16.9. The van der Waals surface area contributed by atoms with E-state index >= 15 is 0 Å². The Kier molecular flexibility index (Phi) is 4.97. The lowest BCUT2D eigenvalue weighted by atomic mass is 10.1. The molecule has 4 nitrogen and oxygen atoms in total. The summed E-state index contributed by atoms with van der Waals surface area (Å²) in [6.45, 7) is 9.17. The second-order valence-corrected chi connectivity index (χ2v) is 8.36. The number of phenols is 1. The number of thiophene rings is 1. The van der Waals surface area contributed by atoms with Crippen molar-refractivity contribution >= 4 is 11.3 Å². The third kappa shape index (κ3) is 3.84. The summed E-state index contributed by atoms with van der Waals surface area (Å²) < 4.78 is 5.88. The van der Waals surface area contributed by atoms with Crippen molar-refractivity contribution in [3.63, 3.8) is 0 Å². The van der Waals surface area contributed by atoms with Gasteiger partial charge in [0.25, 0.3) is 0 Å². The van der Waals surface area contributed by atoms with Crippen molar-refractivity contribution in [1.82, 2.24) is 9.80 Å². The predicted molar refractivity (Wildman–Crippen MR) is 103 cm³/mol. The van der Waals surface area contributed by atoms with Crippen molar-refractivity contribution in [2.24, 2.45) is 0 Å². The van der Waals surface area contributed by atoms with Gasteiger partial charge in [-0.2, -0.15) is 0 Å². The van der Waals surface area contributed by atoms with E-state index in [1.807, 2.05) is 6.07 Å². The SMILES string of the molecule is Cc1ccc(-c2cc(O)c3c(c2)CN(CCN2CCCC2)CCO3)s1. The van der Waals surface area contributed by atoms with Crippen LogP contribution >= 0.6 is 11.3 Å². The summed E-state index contributed by atoms with van der Waals surface area (Å²) in [4.78, 5) is 7.48. The maximum atomic E-state index is 10.5. The van der Waals surface area contributed by atoms with Crippen LogP contribution in [0.1, 0.15) is 23.3 Å². The zero-order valence-electron chi connectivity index (χ0n) is 14.8. The highest BCUT2D eigenvalue weighted by Crippen LogP contribution is 2.39. The summed E-state index contributed by atoms with van der Waals surface area (Å²) in [5.41, 5.74) is 2.18. The van der Waals surface area contributed by atoms with Crippen LogP contribution in [0.5, 0.6) is 11.5 Å². The van der Waals surface area contributed by atoms with Gasteiger partial charge in [-0.15, -0.1) is 11.3 Å². The molecule has 134 valence electrons. The summed E-state index contributed by atoms with van der Waals surface area (Å²) in [5, 5.41) is 10.5. The third-order valence-corrected chi connectivity index (χ3v) is 6.20. The number of nitrogens with zero attached hydrogens (tertiary/aromatic N) is 2. The fourth-order valence-electron chi connectivity index (χ4n) is 3.76. The van der Waals surface area contributed by atoms with Gasteiger partial charge in [0.15, 0.2) is 11.5 Å². The van der Waals surface area contributed by atoms with E-state index in [0.29, 0.717) is 12.4 Å². The molecule has 0 unspecified atom stereocenters. The molecule has 3 heterocycles. The normalized spacial score (nSPS) is 18.8. The van der Waals surface area contributed by atoms with Gasteiger partial charge in [0.2, 0.25) is 0 Å². The number of hydrogen-bond donors (Lipinski definition) is 1. The second-order valence-electron chi connectivity index (χ2n) is 7.07. The molecule has 0 spiro atoms. The van der Waals surface area contributed by atoms with Crippen molar-refractivity contribution in [3.05, 3.63) is 34.7 Å². The first-order valence-corrected chi connectivity index (χ1v) is 10.0. The van der Waals surface area contributed by atoms with Crippen LogP contribution < -0.4 is 4.74 Å². The summed E-state index contributed by atoms with van der Waals surface area (Å²) in [5.74, 6) is 0.931. The Morgan fingerprint density at radius 1 is 1.08 bits per heavy atom. The van der Waals surface area contributed by atoms with Crippen molar-refractivity contribution in [1.29, 1.82) is 0 Å². The van der Waals surface area contributed by atoms with E-state index in [-0.39, 0.29) is 5.75 Å². The topological polar surface area (TPSA) is 35.9 Å². The average molecular weight is 359 g/mol. The number of aryl methyl sites for hydroxylation is 1. The highest BCUT2D eigenvalue weighted by atomic mass is 32.1. The molecule has 0 atom stereocenters.